The zero-order chi connectivity index (χ0) is 13.9. The van der Waals surface area contributed by atoms with Crippen molar-refractivity contribution in [3.05, 3.63) is 35.4 Å². The second kappa shape index (κ2) is 6.00. The molecule has 1 saturated heterocycles. The quantitative estimate of drug-likeness (QED) is 0.878. The topological polar surface area (TPSA) is 66.6 Å². The zero-order valence-corrected chi connectivity index (χ0v) is 12.1. The van der Waals surface area contributed by atoms with Crippen LogP contribution in [0.1, 0.15) is 18.1 Å². The highest BCUT2D eigenvalue weighted by Gasteiger charge is 2.23. The van der Waals surface area contributed by atoms with E-state index in [9.17, 15) is 8.42 Å². The monoisotopic (exact) mass is 283 g/mol. The van der Waals surface area contributed by atoms with E-state index in [2.05, 4.69) is 36.1 Å². The van der Waals surface area contributed by atoms with Crippen molar-refractivity contribution < 1.29 is 8.42 Å². The van der Waals surface area contributed by atoms with Gasteiger partial charge in [0.1, 0.15) is 0 Å². The third kappa shape index (κ3) is 3.76. The summed E-state index contributed by atoms with van der Waals surface area (Å²) in [6.45, 7) is 5.45. The van der Waals surface area contributed by atoms with E-state index in [-0.39, 0.29) is 0 Å². The van der Waals surface area contributed by atoms with Crippen molar-refractivity contribution in [2.75, 3.05) is 26.2 Å². The van der Waals surface area contributed by atoms with Crippen LogP contribution in [0.2, 0.25) is 0 Å². The van der Waals surface area contributed by atoms with Gasteiger partial charge in [-0.2, -0.15) is 12.7 Å². The van der Waals surface area contributed by atoms with Gasteiger partial charge in [-0.1, -0.05) is 31.2 Å². The van der Waals surface area contributed by atoms with Crippen molar-refractivity contribution in [1.29, 1.82) is 0 Å². The van der Waals surface area contributed by atoms with Gasteiger partial charge in [-0.25, -0.2) is 5.14 Å². The molecule has 0 aromatic heterocycles. The van der Waals surface area contributed by atoms with E-state index < -0.39 is 10.2 Å². The molecule has 0 bridgehead atoms. The Labute approximate surface area is 115 Å². The molecule has 0 radical (unpaired) electrons. The van der Waals surface area contributed by atoms with Gasteiger partial charge in [0.2, 0.25) is 0 Å². The van der Waals surface area contributed by atoms with Gasteiger partial charge in [-0.05, 0) is 17.5 Å². The Kier molecular flexibility index (Phi) is 4.57. The molecule has 2 rings (SSSR count). The van der Waals surface area contributed by atoms with Crippen LogP contribution < -0.4 is 5.14 Å². The largest absolute Gasteiger partial charge is 0.296 e. The van der Waals surface area contributed by atoms with Gasteiger partial charge in [0.05, 0.1) is 0 Å². The standard InChI is InChI=1S/C13H21N3O2S/c1-2-12-5-3-4-6-13(12)11-15-7-9-16(10-8-15)19(14,17)18/h3-6H,2,7-11H2,1H3,(H2,14,17,18). The van der Waals surface area contributed by atoms with E-state index in [4.69, 9.17) is 5.14 Å². The third-order valence-electron chi connectivity index (χ3n) is 3.58. The fourth-order valence-electron chi connectivity index (χ4n) is 2.44. The highest BCUT2D eigenvalue weighted by Crippen LogP contribution is 2.14. The van der Waals surface area contributed by atoms with Crippen LogP contribution in [0.4, 0.5) is 0 Å². The zero-order valence-electron chi connectivity index (χ0n) is 11.2. The summed E-state index contributed by atoms with van der Waals surface area (Å²) in [6.07, 6.45) is 1.02. The highest BCUT2D eigenvalue weighted by atomic mass is 32.2. The molecule has 5 nitrogen and oxygen atoms in total. The number of nitrogens with zero attached hydrogens (tertiary/aromatic N) is 2. The number of hydrogen-bond acceptors (Lipinski definition) is 3. The van der Waals surface area contributed by atoms with E-state index in [1.54, 1.807) is 0 Å². The van der Waals surface area contributed by atoms with Crippen molar-refractivity contribution >= 4 is 10.2 Å². The minimum Gasteiger partial charge on any atom is -0.296 e. The van der Waals surface area contributed by atoms with Crippen LogP contribution in [0.25, 0.3) is 0 Å². The lowest BCUT2D eigenvalue weighted by molar-refractivity contribution is 0.181. The van der Waals surface area contributed by atoms with Gasteiger partial charge in [-0.3, -0.25) is 4.90 Å². The summed E-state index contributed by atoms with van der Waals surface area (Å²) in [5.41, 5.74) is 2.69. The van der Waals surface area contributed by atoms with Crippen LogP contribution in [-0.4, -0.2) is 43.8 Å². The number of piperazine rings is 1. The Balaban J connectivity index is 1.96. The first kappa shape index (κ1) is 14.5. The number of benzene rings is 1. The summed E-state index contributed by atoms with van der Waals surface area (Å²) in [6, 6.07) is 8.40. The molecule has 1 aliphatic rings. The maximum atomic E-state index is 11.2. The van der Waals surface area contributed by atoms with Crippen molar-refractivity contribution in [1.82, 2.24) is 9.21 Å². The smallest absolute Gasteiger partial charge is 0.276 e. The first-order valence-corrected chi connectivity index (χ1v) is 8.08. The molecule has 1 heterocycles. The molecule has 106 valence electrons. The van der Waals surface area contributed by atoms with Crippen LogP contribution in [0.15, 0.2) is 24.3 Å². The predicted octanol–water partition coefficient (Wildman–Crippen LogP) is 0.570. The van der Waals surface area contributed by atoms with Crippen LogP contribution in [0.3, 0.4) is 0 Å². The molecule has 1 aromatic rings. The lowest BCUT2D eigenvalue weighted by atomic mass is 10.0. The summed E-state index contributed by atoms with van der Waals surface area (Å²) in [4.78, 5) is 2.27. The summed E-state index contributed by atoms with van der Waals surface area (Å²) in [5.74, 6) is 0. The molecule has 1 aromatic carbocycles. The van der Waals surface area contributed by atoms with Gasteiger partial charge in [-0.15, -0.1) is 0 Å². The number of hydrogen-bond donors (Lipinski definition) is 1. The first-order chi connectivity index (χ1) is 9.00. The minimum atomic E-state index is -3.53. The second-order valence-corrected chi connectivity index (χ2v) is 6.39. The highest BCUT2D eigenvalue weighted by molar-refractivity contribution is 7.86. The molecule has 0 spiro atoms. The Morgan fingerprint density at radius 3 is 2.21 bits per heavy atom. The molecular formula is C13H21N3O2S. The number of rotatable bonds is 4. The van der Waals surface area contributed by atoms with Crippen molar-refractivity contribution in [2.45, 2.75) is 19.9 Å². The summed E-state index contributed by atoms with van der Waals surface area (Å²) in [7, 11) is -3.53. The van der Waals surface area contributed by atoms with Gasteiger partial charge in [0, 0.05) is 32.7 Å². The van der Waals surface area contributed by atoms with Crippen LogP contribution in [-0.2, 0) is 23.2 Å². The molecule has 2 N–H and O–H groups in total. The molecule has 6 heteroatoms. The summed E-state index contributed by atoms with van der Waals surface area (Å²) >= 11 is 0. The molecule has 0 aliphatic carbocycles. The van der Waals surface area contributed by atoms with Crippen molar-refractivity contribution in [3.63, 3.8) is 0 Å². The molecule has 1 fully saturated rings. The second-order valence-electron chi connectivity index (χ2n) is 4.84. The molecule has 0 atom stereocenters. The summed E-state index contributed by atoms with van der Waals surface area (Å²) < 4.78 is 23.8. The Morgan fingerprint density at radius 2 is 1.68 bits per heavy atom. The van der Waals surface area contributed by atoms with Crippen LogP contribution in [0, 0.1) is 0 Å². The fourth-order valence-corrected chi connectivity index (χ4v) is 3.11. The number of aryl methyl sites for hydroxylation is 1. The van der Waals surface area contributed by atoms with Crippen molar-refractivity contribution in [3.8, 4) is 0 Å². The average Bonchev–Trinajstić information content (AvgIpc) is 2.39. The third-order valence-corrected chi connectivity index (χ3v) is 4.67. The van der Waals surface area contributed by atoms with Gasteiger partial charge < -0.3 is 0 Å². The Morgan fingerprint density at radius 1 is 1.11 bits per heavy atom. The lowest BCUT2D eigenvalue weighted by Crippen LogP contribution is -2.50. The molecule has 1 aliphatic heterocycles. The van der Waals surface area contributed by atoms with E-state index in [1.807, 2.05) is 0 Å². The van der Waals surface area contributed by atoms with E-state index in [0.29, 0.717) is 13.1 Å². The van der Waals surface area contributed by atoms with E-state index >= 15 is 0 Å². The molecular weight excluding hydrogens is 262 g/mol. The molecule has 0 unspecified atom stereocenters. The van der Waals surface area contributed by atoms with Crippen LogP contribution in [0.5, 0.6) is 0 Å². The van der Waals surface area contributed by atoms with Gasteiger partial charge in [0.25, 0.3) is 10.2 Å². The fraction of sp³-hybridized carbons (Fsp3) is 0.538. The number of nitrogens with two attached hydrogens (primary N) is 1. The maximum Gasteiger partial charge on any atom is 0.276 e. The summed E-state index contributed by atoms with van der Waals surface area (Å²) in [5, 5.41) is 5.13. The molecule has 0 saturated carbocycles. The normalized spacial score (nSPS) is 18.6. The average molecular weight is 283 g/mol. The van der Waals surface area contributed by atoms with Crippen molar-refractivity contribution in [2.24, 2.45) is 5.14 Å². The van der Waals surface area contributed by atoms with Gasteiger partial charge in [0.15, 0.2) is 0 Å². The predicted molar refractivity (Wildman–Crippen MR) is 75.8 cm³/mol. The van der Waals surface area contributed by atoms with Crippen LogP contribution >= 0.6 is 0 Å². The maximum absolute atomic E-state index is 11.2. The molecule has 19 heavy (non-hydrogen) atoms. The first-order valence-electron chi connectivity index (χ1n) is 6.57. The molecule has 0 amide bonds. The van der Waals surface area contributed by atoms with E-state index in [1.165, 1.54) is 15.4 Å². The van der Waals surface area contributed by atoms with E-state index in [0.717, 1.165) is 26.1 Å². The lowest BCUT2D eigenvalue weighted by Gasteiger charge is -2.33. The SMILES string of the molecule is CCc1ccccc1CN1CCN(S(N)(=O)=O)CC1. The Bertz CT molecular complexity index is 522. The Hall–Kier alpha value is -0.950. The minimum absolute atomic E-state index is 0.479. The van der Waals surface area contributed by atoms with Gasteiger partial charge >= 0.3 is 0 Å².